The molecule has 0 aliphatic rings. The summed E-state index contributed by atoms with van der Waals surface area (Å²) < 4.78 is 26.3. The Balaban J connectivity index is 2.41. The molecule has 2 aromatic carbocycles. The fourth-order valence-corrected chi connectivity index (χ4v) is 1.72. The highest BCUT2D eigenvalue weighted by Crippen LogP contribution is 2.19. The van der Waals surface area contributed by atoms with Crippen LogP contribution in [0.25, 0.3) is 0 Å². The van der Waals surface area contributed by atoms with Gasteiger partial charge in [-0.3, -0.25) is 4.79 Å². The molecule has 18 heavy (non-hydrogen) atoms. The first-order valence-corrected chi connectivity index (χ1v) is 5.63. The zero-order valence-corrected chi connectivity index (χ0v) is 10.3. The Bertz CT molecular complexity index is 570. The van der Waals surface area contributed by atoms with Gasteiger partial charge < -0.3 is 0 Å². The van der Waals surface area contributed by atoms with Crippen molar-refractivity contribution < 1.29 is 13.6 Å². The molecule has 0 saturated heterocycles. The van der Waals surface area contributed by atoms with Gasteiger partial charge in [0.2, 0.25) is 0 Å². The molecule has 0 saturated carbocycles. The molecular formula is C14H9ClF2O. The Morgan fingerprint density at radius 3 is 2.22 bits per heavy atom. The number of halogens is 3. The van der Waals surface area contributed by atoms with Gasteiger partial charge in [0.05, 0.1) is 5.02 Å². The van der Waals surface area contributed by atoms with Crippen LogP contribution in [0.5, 0.6) is 0 Å². The number of rotatable bonds is 2. The highest BCUT2D eigenvalue weighted by Gasteiger charge is 2.12. The van der Waals surface area contributed by atoms with Gasteiger partial charge in [-0.15, -0.1) is 0 Å². The van der Waals surface area contributed by atoms with Crippen LogP contribution in [-0.2, 0) is 0 Å². The molecule has 0 spiro atoms. The minimum Gasteiger partial charge on any atom is -0.289 e. The lowest BCUT2D eigenvalue weighted by Crippen LogP contribution is -2.02. The topological polar surface area (TPSA) is 17.1 Å². The third-order valence-electron chi connectivity index (χ3n) is 2.62. The average molecular weight is 267 g/mol. The second-order valence-electron chi connectivity index (χ2n) is 3.92. The minimum atomic E-state index is -0.594. The third-order valence-corrected chi connectivity index (χ3v) is 2.91. The molecule has 0 aliphatic heterocycles. The van der Waals surface area contributed by atoms with Gasteiger partial charge in [0.25, 0.3) is 0 Å². The van der Waals surface area contributed by atoms with Gasteiger partial charge >= 0.3 is 0 Å². The van der Waals surface area contributed by atoms with Crippen LogP contribution in [0.1, 0.15) is 21.5 Å². The average Bonchev–Trinajstić information content (AvgIpc) is 2.35. The Kier molecular flexibility index (Phi) is 3.43. The van der Waals surface area contributed by atoms with Crippen molar-refractivity contribution in [2.45, 2.75) is 6.92 Å². The van der Waals surface area contributed by atoms with Crippen LogP contribution in [0.3, 0.4) is 0 Å². The van der Waals surface area contributed by atoms with E-state index >= 15 is 0 Å². The Morgan fingerprint density at radius 2 is 1.61 bits per heavy atom. The van der Waals surface area contributed by atoms with E-state index in [9.17, 15) is 13.6 Å². The van der Waals surface area contributed by atoms with Crippen molar-refractivity contribution in [1.29, 1.82) is 0 Å². The summed E-state index contributed by atoms with van der Waals surface area (Å²) in [5, 5.41) is -0.131. The molecule has 0 fully saturated rings. The molecule has 0 radical (unpaired) electrons. The fourth-order valence-electron chi connectivity index (χ4n) is 1.54. The molecule has 0 N–H and O–H groups in total. The lowest BCUT2D eigenvalue weighted by Gasteiger charge is -2.04. The van der Waals surface area contributed by atoms with Crippen LogP contribution in [0.2, 0.25) is 5.02 Å². The molecule has 0 atom stereocenters. The lowest BCUT2D eigenvalue weighted by atomic mass is 10.0. The smallest absolute Gasteiger partial charge is 0.193 e. The SMILES string of the molecule is Cc1ccc(C(=O)c2ccc(F)c(Cl)c2)cc1F. The molecule has 1 nitrogen and oxygen atoms in total. The van der Waals surface area contributed by atoms with E-state index in [2.05, 4.69) is 0 Å². The first-order chi connectivity index (χ1) is 8.49. The normalized spacial score (nSPS) is 10.4. The summed E-state index contributed by atoms with van der Waals surface area (Å²) in [5.41, 5.74) is 0.897. The first-order valence-electron chi connectivity index (χ1n) is 5.25. The fraction of sp³-hybridized carbons (Fsp3) is 0.0714. The molecule has 0 aromatic heterocycles. The molecule has 0 aliphatic carbocycles. The number of hydrogen-bond donors (Lipinski definition) is 0. The molecule has 92 valence electrons. The van der Waals surface area contributed by atoms with E-state index < -0.39 is 17.4 Å². The molecule has 2 rings (SSSR count). The number of hydrogen-bond acceptors (Lipinski definition) is 1. The summed E-state index contributed by atoms with van der Waals surface area (Å²) in [6.07, 6.45) is 0. The number of benzene rings is 2. The van der Waals surface area contributed by atoms with Crippen molar-refractivity contribution in [1.82, 2.24) is 0 Å². The van der Waals surface area contributed by atoms with E-state index in [-0.39, 0.29) is 16.1 Å². The maximum atomic E-state index is 13.4. The number of carbonyl (C=O) groups is 1. The van der Waals surface area contributed by atoms with Gasteiger partial charge in [-0.05, 0) is 36.8 Å². The summed E-state index contributed by atoms with van der Waals surface area (Å²) in [6, 6.07) is 7.87. The van der Waals surface area contributed by atoms with E-state index in [0.29, 0.717) is 5.56 Å². The second kappa shape index (κ2) is 4.86. The summed E-state index contributed by atoms with van der Waals surface area (Å²) >= 11 is 5.60. The molecule has 2 aromatic rings. The van der Waals surface area contributed by atoms with E-state index in [1.807, 2.05) is 0 Å². The van der Waals surface area contributed by atoms with E-state index in [1.54, 1.807) is 6.92 Å². The highest BCUT2D eigenvalue weighted by molar-refractivity contribution is 6.31. The van der Waals surface area contributed by atoms with E-state index in [4.69, 9.17) is 11.6 Å². The summed E-state index contributed by atoms with van der Waals surface area (Å²) in [4.78, 5) is 12.0. The van der Waals surface area contributed by atoms with Crippen LogP contribution in [0, 0.1) is 18.6 Å². The number of ketones is 1. The van der Waals surface area contributed by atoms with E-state index in [0.717, 1.165) is 12.1 Å². The zero-order chi connectivity index (χ0) is 13.3. The van der Waals surface area contributed by atoms with Crippen LogP contribution >= 0.6 is 11.6 Å². The standard InChI is InChI=1S/C14H9ClF2O/c1-8-2-3-10(7-13(8)17)14(18)9-4-5-12(16)11(15)6-9/h2-7H,1H3. The van der Waals surface area contributed by atoms with Gasteiger partial charge in [0, 0.05) is 11.1 Å². The predicted molar refractivity (Wildman–Crippen MR) is 66.0 cm³/mol. The quantitative estimate of drug-likeness (QED) is 0.746. The summed E-state index contributed by atoms with van der Waals surface area (Å²) in [7, 11) is 0. The van der Waals surface area contributed by atoms with Crippen LogP contribution in [-0.4, -0.2) is 5.78 Å². The number of aryl methyl sites for hydroxylation is 1. The van der Waals surface area contributed by atoms with Gasteiger partial charge in [-0.2, -0.15) is 0 Å². The Morgan fingerprint density at radius 1 is 1.00 bits per heavy atom. The molecule has 0 unspecified atom stereocenters. The van der Waals surface area contributed by atoms with Crippen molar-refractivity contribution in [3.63, 3.8) is 0 Å². The van der Waals surface area contributed by atoms with Gasteiger partial charge in [-0.1, -0.05) is 23.7 Å². The summed E-state index contributed by atoms with van der Waals surface area (Å²) in [6.45, 7) is 1.61. The van der Waals surface area contributed by atoms with E-state index in [1.165, 1.54) is 24.3 Å². The molecule has 4 heteroatoms. The lowest BCUT2D eigenvalue weighted by molar-refractivity contribution is 0.103. The third kappa shape index (κ3) is 2.41. The van der Waals surface area contributed by atoms with Gasteiger partial charge in [0.1, 0.15) is 11.6 Å². The maximum absolute atomic E-state index is 13.4. The minimum absolute atomic E-state index is 0.131. The predicted octanol–water partition coefficient (Wildman–Crippen LogP) is 4.16. The van der Waals surface area contributed by atoms with Crippen molar-refractivity contribution >= 4 is 17.4 Å². The van der Waals surface area contributed by atoms with Crippen LogP contribution in [0.4, 0.5) is 8.78 Å². The van der Waals surface area contributed by atoms with Crippen molar-refractivity contribution in [2.24, 2.45) is 0 Å². The van der Waals surface area contributed by atoms with Gasteiger partial charge in [0.15, 0.2) is 5.78 Å². The summed E-state index contributed by atoms with van der Waals surface area (Å²) in [5.74, 6) is -1.44. The monoisotopic (exact) mass is 266 g/mol. The molecule has 0 bridgehead atoms. The Hall–Kier alpha value is -1.74. The zero-order valence-electron chi connectivity index (χ0n) is 9.51. The van der Waals surface area contributed by atoms with Crippen LogP contribution in [0.15, 0.2) is 36.4 Å². The number of carbonyl (C=O) groups excluding carboxylic acids is 1. The molecular weight excluding hydrogens is 258 g/mol. The highest BCUT2D eigenvalue weighted by atomic mass is 35.5. The van der Waals surface area contributed by atoms with Crippen molar-refractivity contribution in [3.8, 4) is 0 Å². The van der Waals surface area contributed by atoms with Crippen molar-refractivity contribution in [2.75, 3.05) is 0 Å². The first kappa shape index (κ1) is 12.7. The largest absolute Gasteiger partial charge is 0.289 e. The Labute approximate surface area is 108 Å². The molecule has 0 heterocycles. The molecule has 0 amide bonds. The maximum Gasteiger partial charge on any atom is 0.193 e. The van der Waals surface area contributed by atoms with Crippen molar-refractivity contribution in [3.05, 3.63) is 69.7 Å². The van der Waals surface area contributed by atoms with Gasteiger partial charge in [-0.25, -0.2) is 8.78 Å². The van der Waals surface area contributed by atoms with Crippen LogP contribution < -0.4 is 0 Å². The second-order valence-corrected chi connectivity index (χ2v) is 4.33.